The van der Waals surface area contributed by atoms with Gasteiger partial charge in [-0.15, -0.1) is 0 Å². The van der Waals surface area contributed by atoms with Crippen molar-refractivity contribution in [2.45, 2.75) is 0 Å². The highest BCUT2D eigenvalue weighted by Crippen LogP contribution is 2.32. The number of nitro groups is 2. The predicted molar refractivity (Wildman–Crippen MR) is 73.3 cm³/mol. The SMILES string of the molecule is O=c1c2ccccc2oc2c([N+](=O)[O-])ccc([N+](=O)[O-])c12. The van der Waals surface area contributed by atoms with Crippen LogP contribution in [0.25, 0.3) is 21.9 Å². The molecular weight excluding hydrogens is 280 g/mol. The number of hydrogen-bond acceptors (Lipinski definition) is 6. The van der Waals surface area contributed by atoms with E-state index in [4.69, 9.17) is 4.42 Å². The number of nitrogens with zero attached hydrogens (tertiary/aromatic N) is 2. The zero-order chi connectivity index (χ0) is 15.1. The van der Waals surface area contributed by atoms with Crippen molar-refractivity contribution in [2.75, 3.05) is 0 Å². The summed E-state index contributed by atoms with van der Waals surface area (Å²) in [7, 11) is 0. The van der Waals surface area contributed by atoms with Gasteiger partial charge in [0.15, 0.2) is 5.39 Å². The molecule has 8 heteroatoms. The molecule has 3 rings (SSSR count). The van der Waals surface area contributed by atoms with Gasteiger partial charge >= 0.3 is 5.69 Å². The molecule has 0 aliphatic carbocycles. The first-order valence-corrected chi connectivity index (χ1v) is 5.78. The van der Waals surface area contributed by atoms with Crippen LogP contribution >= 0.6 is 0 Å². The van der Waals surface area contributed by atoms with E-state index in [2.05, 4.69) is 0 Å². The lowest BCUT2D eigenvalue weighted by Gasteiger charge is -2.02. The maximum absolute atomic E-state index is 12.4. The van der Waals surface area contributed by atoms with Gasteiger partial charge < -0.3 is 4.42 Å². The van der Waals surface area contributed by atoms with E-state index >= 15 is 0 Å². The van der Waals surface area contributed by atoms with Crippen LogP contribution in [0, 0.1) is 20.2 Å². The molecule has 0 unspecified atom stereocenters. The van der Waals surface area contributed by atoms with E-state index in [0.717, 1.165) is 12.1 Å². The Bertz CT molecular complexity index is 975. The Morgan fingerprint density at radius 1 is 0.905 bits per heavy atom. The molecule has 0 bridgehead atoms. The van der Waals surface area contributed by atoms with Crippen LogP contribution in [-0.4, -0.2) is 9.85 Å². The molecule has 0 aliphatic rings. The highest BCUT2D eigenvalue weighted by molar-refractivity contribution is 5.98. The third-order valence-corrected chi connectivity index (χ3v) is 3.08. The molecule has 0 radical (unpaired) electrons. The van der Waals surface area contributed by atoms with E-state index in [1.54, 1.807) is 12.1 Å². The Morgan fingerprint density at radius 2 is 1.52 bits per heavy atom. The summed E-state index contributed by atoms with van der Waals surface area (Å²) in [5, 5.41) is 21.8. The Labute approximate surface area is 115 Å². The number of hydrogen-bond donors (Lipinski definition) is 0. The highest BCUT2D eigenvalue weighted by Gasteiger charge is 2.26. The molecule has 0 atom stereocenters. The summed E-state index contributed by atoms with van der Waals surface area (Å²) >= 11 is 0. The van der Waals surface area contributed by atoms with Gasteiger partial charge in [0.1, 0.15) is 5.58 Å². The van der Waals surface area contributed by atoms with E-state index in [1.165, 1.54) is 12.1 Å². The molecule has 0 saturated carbocycles. The first-order valence-electron chi connectivity index (χ1n) is 5.78. The molecule has 21 heavy (non-hydrogen) atoms. The predicted octanol–water partition coefficient (Wildman–Crippen LogP) is 2.76. The van der Waals surface area contributed by atoms with Gasteiger partial charge in [-0.25, -0.2) is 0 Å². The van der Waals surface area contributed by atoms with E-state index in [9.17, 15) is 25.0 Å². The molecule has 0 saturated heterocycles. The maximum Gasteiger partial charge on any atom is 0.312 e. The van der Waals surface area contributed by atoms with Crippen molar-refractivity contribution in [2.24, 2.45) is 0 Å². The quantitative estimate of drug-likeness (QED) is 0.406. The Balaban J connectivity index is 2.65. The standard InChI is InChI=1S/C13H6N2O6/c16-12-7-3-1-2-4-10(7)21-13-9(15(19)20)6-5-8(11(12)13)14(17)18/h1-6H. The largest absolute Gasteiger partial charge is 0.448 e. The third-order valence-electron chi connectivity index (χ3n) is 3.08. The van der Waals surface area contributed by atoms with E-state index in [-0.39, 0.29) is 11.0 Å². The van der Waals surface area contributed by atoms with E-state index < -0.39 is 37.6 Å². The van der Waals surface area contributed by atoms with Crippen molar-refractivity contribution >= 4 is 33.3 Å². The monoisotopic (exact) mass is 286 g/mol. The van der Waals surface area contributed by atoms with Crippen molar-refractivity contribution in [3.63, 3.8) is 0 Å². The molecule has 1 heterocycles. The second kappa shape index (κ2) is 4.37. The molecule has 0 fully saturated rings. The minimum absolute atomic E-state index is 0.133. The van der Waals surface area contributed by atoms with Gasteiger partial charge in [0.25, 0.3) is 5.69 Å². The number of rotatable bonds is 2. The molecule has 3 aromatic rings. The third kappa shape index (κ3) is 1.81. The van der Waals surface area contributed by atoms with Gasteiger partial charge in [0.2, 0.25) is 11.0 Å². The fourth-order valence-corrected chi connectivity index (χ4v) is 2.17. The summed E-state index contributed by atoms with van der Waals surface area (Å²) in [5.41, 5.74) is -1.92. The second-order valence-electron chi connectivity index (χ2n) is 4.25. The summed E-state index contributed by atoms with van der Waals surface area (Å²) in [5.74, 6) is 0. The van der Waals surface area contributed by atoms with Crippen molar-refractivity contribution in [3.8, 4) is 0 Å². The average Bonchev–Trinajstić information content (AvgIpc) is 2.46. The molecule has 0 aliphatic heterocycles. The second-order valence-corrected chi connectivity index (χ2v) is 4.25. The number of nitro benzene ring substituents is 2. The fourth-order valence-electron chi connectivity index (χ4n) is 2.17. The average molecular weight is 286 g/mol. The summed E-state index contributed by atoms with van der Waals surface area (Å²) in [4.78, 5) is 32.9. The molecule has 1 aromatic heterocycles. The molecule has 2 aromatic carbocycles. The lowest BCUT2D eigenvalue weighted by Crippen LogP contribution is -2.06. The fraction of sp³-hybridized carbons (Fsp3) is 0. The Kier molecular flexibility index (Phi) is 2.65. The van der Waals surface area contributed by atoms with Crippen LogP contribution < -0.4 is 5.43 Å². The zero-order valence-corrected chi connectivity index (χ0v) is 10.3. The molecule has 8 nitrogen and oxygen atoms in total. The summed E-state index contributed by atoms with van der Waals surface area (Å²) in [6, 6.07) is 7.99. The van der Waals surface area contributed by atoms with Crippen molar-refractivity contribution in [1.82, 2.24) is 0 Å². The molecule has 0 spiro atoms. The summed E-state index contributed by atoms with van der Waals surface area (Å²) in [6.07, 6.45) is 0. The van der Waals surface area contributed by atoms with Crippen LogP contribution in [0.1, 0.15) is 0 Å². The van der Waals surface area contributed by atoms with Crippen molar-refractivity contribution < 1.29 is 14.3 Å². The lowest BCUT2D eigenvalue weighted by molar-refractivity contribution is -0.387. The van der Waals surface area contributed by atoms with Gasteiger partial charge in [-0.1, -0.05) is 12.1 Å². The molecular formula is C13H6N2O6. The number of fused-ring (bicyclic) bond motifs is 2. The van der Waals surface area contributed by atoms with Gasteiger partial charge in [0, 0.05) is 12.1 Å². The number of para-hydroxylation sites is 1. The minimum Gasteiger partial charge on any atom is -0.448 e. The first-order chi connectivity index (χ1) is 10.0. The van der Waals surface area contributed by atoms with Crippen LogP contribution in [0.4, 0.5) is 11.4 Å². The van der Waals surface area contributed by atoms with Crippen molar-refractivity contribution in [1.29, 1.82) is 0 Å². The van der Waals surface area contributed by atoms with Crippen molar-refractivity contribution in [3.05, 3.63) is 66.9 Å². The van der Waals surface area contributed by atoms with Gasteiger partial charge in [-0.3, -0.25) is 25.0 Å². The number of non-ortho nitro benzene ring substituents is 2. The highest BCUT2D eigenvalue weighted by atomic mass is 16.6. The topological polar surface area (TPSA) is 116 Å². The van der Waals surface area contributed by atoms with Gasteiger partial charge in [0.05, 0.1) is 15.2 Å². The van der Waals surface area contributed by atoms with E-state index in [0.29, 0.717) is 0 Å². The van der Waals surface area contributed by atoms with Gasteiger partial charge in [-0.05, 0) is 12.1 Å². The first kappa shape index (κ1) is 12.7. The zero-order valence-electron chi connectivity index (χ0n) is 10.3. The molecule has 104 valence electrons. The van der Waals surface area contributed by atoms with Crippen LogP contribution in [0.15, 0.2) is 45.6 Å². The van der Waals surface area contributed by atoms with Gasteiger partial charge in [-0.2, -0.15) is 0 Å². The van der Waals surface area contributed by atoms with E-state index in [1.807, 2.05) is 0 Å². The molecule has 0 N–H and O–H groups in total. The minimum atomic E-state index is -0.766. The van der Waals surface area contributed by atoms with Crippen LogP contribution in [0.2, 0.25) is 0 Å². The Morgan fingerprint density at radius 3 is 2.19 bits per heavy atom. The lowest BCUT2D eigenvalue weighted by atomic mass is 10.1. The number of benzene rings is 2. The summed E-state index contributed by atoms with van der Waals surface area (Å²) < 4.78 is 5.36. The maximum atomic E-state index is 12.4. The Hall–Kier alpha value is -3.29. The van der Waals surface area contributed by atoms with Crippen LogP contribution in [-0.2, 0) is 0 Å². The molecule has 0 amide bonds. The smallest absolute Gasteiger partial charge is 0.312 e. The normalized spacial score (nSPS) is 10.9. The van der Waals surface area contributed by atoms with Crippen LogP contribution in [0.5, 0.6) is 0 Å². The van der Waals surface area contributed by atoms with Crippen LogP contribution in [0.3, 0.4) is 0 Å². The summed E-state index contributed by atoms with van der Waals surface area (Å²) in [6.45, 7) is 0.